The maximum absolute atomic E-state index is 13.0. The molecule has 0 aliphatic carbocycles. The molecule has 1 heterocycles. The Labute approximate surface area is 169 Å². The molecular formula is C21H22ClN3O3. The van der Waals surface area contributed by atoms with E-state index in [1.54, 1.807) is 49.4 Å². The predicted octanol–water partition coefficient (Wildman–Crippen LogP) is 4.92. The summed E-state index contributed by atoms with van der Waals surface area (Å²) in [6, 6.07) is 12.6. The largest absolute Gasteiger partial charge is 0.497 e. The molecule has 0 fully saturated rings. The maximum Gasteiger partial charge on any atom is 0.259 e. The van der Waals surface area contributed by atoms with Crippen molar-refractivity contribution in [3.05, 3.63) is 64.9 Å². The van der Waals surface area contributed by atoms with Gasteiger partial charge in [0.15, 0.2) is 0 Å². The second kappa shape index (κ2) is 8.35. The van der Waals surface area contributed by atoms with E-state index in [-0.39, 0.29) is 11.8 Å². The van der Waals surface area contributed by atoms with Crippen LogP contribution in [0, 0.1) is 0 Å². The van der Waals surface area contributed by atoms with E-state index in [4.69, 9.17) is 21.1 Å². The van der Waals surface area contributed by atoms with Crippen molar-refractivity contribution in [2.75, 3.05) is 19.5 Å². The van der Waals surface area contributed by atoms with E-state index >= 15 is 0 Å². The smallest absolute Gasteiger partial charge is 0.259 e. The zero-order valence-electron chi connectivity index (χ0n) is 16.2. The normalized spacial score (nSPS) is 10.8. The lowest BCUT2D eigenvalue weighted by atomic mass is 10.0. The van der Waals surface area contributed by atoms with Gasteiger partial charge in [-0.3, -0.25) is 4.79 Å². The van der Waals surface area contributed by atoms with Crippen molar-refractivity contribution in [3.63, 3.8) is 0 Å². The lowest BCUT2D eigenvalue weighted by Crippen LogP contribution is -2.16. The number of ether oxygens (including phenoxy) is 2. The molecule has 0 atom stereocenters. The van der Waals surface area contributed by atoms with E-state index < -0.39 is 0 Å². The number of carbonyl (C=O) groups is 1. The lowest BCUT2D eigenvalue weighted by Gasteiger charge is -2.14. The van der Waals surface area contributed by atoms with Crippen LogP contribution in [0.1, 0.15) is 35.8 Å². The number of rotatable bonds is 6. The number of hydrogen-bond donors (Lipinski definition) is 1. The molecule has 0 spiro atoms. The molecular weight excluding hydrogens is 378 g/mol. The van der Waals surface area contributed by atoms with Gasteiger partial charge in [0.2, 0.25) is 0 Å². The molecule has 6 nitrogen and oxygen atoms in total. The quantitative estimate of drug-likeness (QED) is 0.639. The number of halogens is 1. The van der Waals surface area contributed by atoms with Crippen molar-refractivity contribution >= 4 is 23.2 Å². The number of carbonyl (C=O) groups excluding carboxylic acids is 1. The van der Waals surface area contributed by atoms with Gasteiger partial charge < -0.3 is 14.8 Å². The molecule has 0 saturated heterocycles. The Kier molecular flexibility index (Phi) is 5.90. The first-order chi connectivity index (χ1) is 13.4. The van der Waals surface area contributed by atoms with Gasteiger partial charge in [0, 0.05) is 11.1 Å². The van der Waals surface area contributed by atoms with Crippen LogP contribution in [0.25, 0.3) is 5.69 Å². The average molecular weight is 400 g/mol. The van der Waals surface area contributed by atoms with E-state index in [0.717, 1.165) is 11.4 Å². The number of benzene rings is 2. The summed E-state index contributed by atoms with van der Waals surface area (Å²) >= 11 is 6.12. The van der Waals surface area contributed by atoms with Crippen LogP contribution in [-0.4, -0.2) is 29.9 Å². The minimum absolute atomic E-state index is 0.0694. The lowest BCUT2D eigenvalue weighted by molar-refractivity contribution is 0.102. The van der Waals surface area contributed by atoms with Crippen molar-refractivity contribution in [1.29, 1.82) is 0 Å². The van der Waals surface area contributed by atoms with Crippen molar-refractivity contribution in [2.45, 2.75) is 19.8 Å². The summed E-state index contributed by atoms with van der Waals surface area (Å²) in [7, 11) is 3.12. The predicted molar refractivity (Wildman–Crippen MR) is 110 cm³/mol. The second-order valence-electron chi connectivity index (χ2n) is 6.51. The molecule has 28 heavy (non-hydrogen) atoms. The van der Waals surface area contributed by atoms with Crippen molar-refractivity contribution in [1.82, 2.24) is 9.78 Å². The number of aromatic nitrogens is 2. The summed E-state index contributed by atoms with van der Waals surface area (Å²) in [4.78, 5) is 13.0. The number of nitrogens with zero attached hydrogens (tertiary/aromatic N) is 2. The second-order valence-corrected chi connectivity index (χ2v) is 6.95. The SMILES string of the molecule is COc1ccc(NC(=O)c2cnn(-c3cccc(Cl)c3)c2C(C)C)c(OC)c1. The molecule has 1 aromatic heterocycles. The monoisotopic (exact) mass is 399 g/mol. The van der Waals surface area contributed by atoms with Gasteiger partial charge in [0.1, 0.15) is 11.5 Å². The molecule has 0 saturated carbocycles. The van der Waals surface area contributed by atoms with Gasteiger partial charge in [-0.05, 0) is 36.2 Å². The molecule has 146 valence electrons. The van der Waals surface area contributed by atoms with E-state index in [1.165, 1.54) is 0 Å². The van der Waals surface area contributed by atoms with E-state index in [2.05, 4.69) is 10.4 Å². The van der Waals surface area contributed by atoms with Gasteiger partial charge >= 0.3 is 0 Å². The molecule has 0 bridgehead atoms. The molecule has 0 unspecified atom stereocenters. The highest BCUT2D eigenvalue weighted by Gasteiger charge is 2.22. The Bertz CT molecular complexity index is 998. The molecule has 1 N–H and O–H groups in total. The topological polar surface area (TPSA) is 65.4 Å². The molecule has 0 aliphatic heterocycles. The molecule has 0 radical (unpaired) electrons. The highest BCUT2D eigenvalue weighted by atomic mass is 35.5. The summed E-state index contributed by atoms with van der Waals surface area (Å²) < 4.78 is 12.3. The van der Waals surface area contributed by atoms with Crippen molar-refractivity contribution in [3.8, 4) is 17.2 Å². The average Bonchev–Trinajstić information content (AvgIpc) is 3.14. The third-order valence-electron chi connectivity index (χ3n) is 4.31. The summed E-state index contributed by atoms with van der Waals surface area (Å²) in [5.41, 5.74) is 2.65. The summed E-state index contributed by atoms with van der Waals surface area (Å²) in [6.07, 6.45) is 1.57. The van der Waals surface area contributed by atoms with E-state index in [1.807, 2.05) is 32.0 Å². The van der Waals surface area contributed by atoms with Gasteiger partial charge in [-0.1, -0.05) is 31.5 Å². The molecule has 0 aliphatic rings. The van der Waals surface area contributed by atoms with Gasteiger partial charge in [-0.15, -0.1) is 0 Å². The van der Waals surface area contributed by atoms with Crippen LogP contribution in [0.5, 0.6) is 11.5 Å². The van der Waals surface area contributed by atoms with Gasteiger partial charge in [0.05, 0.1) is 43.0 Å². The molecule has 1 amide bonds. The fraction of sp³-hybridized carbons (Fsp3) is 0.238. The van der Waals surface area contributed by atoms with Gasteiger partial charge in [-0.25, -0.2) is 4.68 Å². The van der Waals surface area contributed by atoms with Crippen LogP contribution in [0.3, 0.4) is 0 Å². The third kappa shape index (κ3) is 3.97. The first-order valence-corrected chi connectivity index (χ1v) is 9.19. The zero-order valence-corrected chi connectivity index (χ0v) is 16.9. The van der Waals surface area contributed by atoms with Crippen LogP contribution in [0.15, 0.2) is 48.7 Å². The summed E-state index contributed by atoms with van der Waals surface area (Å²) in [5.74, 6) is 0.966. The number of hydrogen-bond acceptors (Lipinski definition) is 4. The van der Waals surface area contributed by atoms with Crippen molar-refractivity contribution < 1.29 is 14.3 Å². The molecule has 7 heteroatoms. The Morgan fingerprint density at radius 3 is 2.57 bits per heavy atom. The minimum atomic E-state index is -0.263. The van der Waals surface area contributed by atoms with Crippen molar-refractivity contribution in [2.24, 2.45) is 0 Å². The Morgan fingerprint density at radius 2 is 1.93 bits per heavy atom. The first kappa shape index (κ1) is 19.8. The fourth-order valence-electron chi connectivity index (χ4n) is 2.99. The highest BCUT2D eigenvalue weighted by molar-refractivity contribution is 6.30. The molecule has 2 aromatic carbocycles. The number of amides is 1. The number of methoxy groups -OCH3 is 2. The van der Waals surface area contributed by atoms with Crippen LogP contribution in [-0.2, 0) is 0 Å². The van der Waals surface area contributed by atoms with Crippen LogP contribution in [0.4, 0.5) is 5.69 Å². The fourth-order valence-corrected chi connectivity index (χ4v) is 3.18. The first-order valence-electron chi connectivity index (χ1n) is 8.81. The standard InChI is InChI=1S/C21H22ClN3O3/c1-13(2)20-17(12-23-25(20)15-7-5-6-14(22)10-15)21(26)24-18-9-8-16(27-3)11-19(18)28-4/h5-13H,1-4H3,(H,24,26). The summed E-state index contributed by atoms with van der Waals surface area (Å²) in [5, 5.41) is 7.94. The number of anilines is 1. The highest BCUT2D eigenvalue weighted by Crippen LogP contribution is 2.30. The Morgan fingerprint density at radius 1 is 1.14 bits per heavy atom. The number of nitrogens with one attached hydrogen (secondary N) is 1. The van der Waals surface area contributed by atoms with E-state index in [9.17, 15) is 4.79 Å². The molecule has 3 aromatic rings. The van der Waals surface area contributed by atoms with Gasteiger partial charge in [-0.2, -0.15) is 5.10 Å². The Balaban J connectivity index is 1.97. The summed E-state index contributed by atoms with van der Waals surface area (Å²) in [6.45, 7) is 4.03. The van der Waals surface area contributed by atoms with Gasteiger partial charge in [0.25, 0.3) is 5.91 Å². The Hall–Kier alpha value is -2.99. The molecule has 3 rings (SSSR count). The maximum atomic E-state index is 13.0. The van der Waals surface area contributed by atoms with E-state index in [0.29, 0.717) is 27.8 Å². The van der Waals surface area contributed by atoms with Crippen LogP contribution >= 0.6 is 11.6 Å². The minimum Gasteiger partial charge on any atom is -0.497 e. The third-order valence-corrected chi connectivity index (χ3v) is 4.54. The van der Waals surface area contributed by atoms with Crippen LogP contribution < -0.4 is 14.8 Å². The zero-order chi connectivity index (χ0) is 20.3. The van der Waals surface area contributed by atoms with Crippen LogP contribution in [0.2, 0.25) is 5.02 Å².